The van der Waals surface area contributed by atoms with E-state index in [0.29, 0.717) is 102 Å². The third kappa shape index (κ3) is 22.8. The number of nitriles is 1. The number of carbonyl (C=O) groups excluding carboxylic acids is 4. The molecule has 1 aliphatic carbocycles. The average molecular weight is 1970 g/mol. The van der Waals surface area contributed by atoms with Gasteiger partial charge in [-0.1, -0.05) is 46.5 Å². The number of hydrogen-bond acceptors (Lipinski definition) is 25. The molecular weight excluding hydrogens is 1850 g/mol. The van der Waals surface area contributed by atoms with E-state index in [1.807, 2.05) is 141 Å². The molecule has 5 N–H and O–H groups in total. The molecule has 0 spiro atoms. The molecule has 8 aromatic heterocycles. The van der Waals surface area contributed by atoms with E-state index in [-0.39, 0.29) is 53.5 Å². The Bertz CT molecular complexity index is 7340. The minimum absolute atomic E-state index is 0.196. The van der Waals surface area contributed by atoms with Gasteiger partial charge in [0.2, 0.25) is 40.1 Å². The van der Waals surface area contributed by atoms with E-state index >= 15 is 0 Å². The third-order valence-corrected chi connectivity index (χ3v) is 28.7. The van der Waals surface area contributed by atoms with Gasteiger partial charge >= 0.3 is 0 Å². The summed E-state index contributed by atoms with van der Waals surface area (Å²) in [5.74, 6) is 2.08. The predicted molar refractivity (Wildman–Crippen MR) is 538 cm³/mol. The van der Waals surface area contributed by atoms with Gasteiger partial charge in [-0.05, 0) is 222 Å². The predicted octanol–water partition coefficient (Wildman–Crippen LogP) is 13.9. The fourth-order valence-corrected chi connectivity index (χ4v) is 21.2. The van der Waals surface area contributed by atoms with Crippen LogP contribution in [0, 0.1) is 94.4 Å². The molecule has 738 valence electrons. The Hall–Kier alpha value is -12.9. The Morgan fingerprint density at radius 2 is 0.676 bits per heavy atom. The maximum atomic E-state index is 13.9. The molecule has 37 nitrogen and oxygen atoms in total. The summed E-state index contributed by atoms with van der Waals surface area (Å²) in [7, 11) is -10.2. The van der Waals surface area contributed by atoms with Crippen LogP contribution >= 0.6 is 0 Å². The maximum Gasteiger partial charge on any atom is 0.256 e. The van der Waals surface area contributed by atoms with Crippen LogP contribution in [-0.2, 0) is 44.8 Å². The third-order valence-electron chi connectivity index (χ3n) is 26.3. The second-order valence-corrected chi connectivity index (χ2v) is 44.7. The van der Waals surface area contributed by atoms with Crippen LogP contribution in [0.4, 0.5) is 40.2 Å². The Labute approximate surface area is 812 Å². The lowest BCUT2D eigenvalue weighted by Crippen LogP contribution is -2.39. The van der Waals surface area contributed by atoms with Crippen LogP contribution in [0.2, 0.25) is 0 Å². The van der Waals surface area contributed by atoms with Gasteiger partial charge < -0.3 is 39.5 Å². The molecule has 6 fully saturated rings. The van der Waals surface area contributed by atoms with E-state index in [9.17, 15) is 58.1 Å². The number of benzene rings is 4. The van der Waals surface area contributed by atoms with Crippen LogP contribution in [0.1, 0.15) is 251 Å². The highest BCUT2D eigenvalue weighted by Crippen LogP contribution is 2.42. The number of aromatic nitrogens is 12. The summed E-state index contributed by atoms with van der Waals surface area (Å²) in [6.45, 7) is 28.5. The number of piperidine rings is 4. The molecule has 0 bridgehead atoms. The monoisotopic (exact) mass is 1970 g/mol. The van der Waals surface area contributed by atoms with Gasteiger partial charge in [-0.3, -0.25) is 38.1 Å². The van der Waals surface area contributed by atoms with Gasteiger partial charge in [0, 0.05) is 129 Å². The largest absolute Gasteiger partial charge is 0.378 e. The maximum absolute atomic E-state index is 13.9. The smallest absolute Gasteiger partial charge is 0.256 e. The van der Waals surface area contributed by atoms with Crippen molar-refractivity contribution >= 4 is 127 Å². The van der Waals surface area contributed by atoms with E-state index < -0.39 is 40.1 Å². The number of aryl methyl sites for hydroxylation is 8. The Morgan fingerprint density at radius 1 is 0.374 bits per heavy atom. The van der Waals surface area contributed by atoms with E-state index in [0.717, 1.165) is 247 Å². The van der Waals surface area contributed by atoms with E-state index in [1.165, 1.54) is 4.52 Å². The number of sulfonamides is 4. The first-order valence-corrected chi connectivity index (χ1v) is 54.6. The topological polar surface area (TPSA) is 438 Å². The lowest BCUT2D eigenvalue weighted by atomic mass is 9.97. The van der Waals surface area contributed by atoms with Crippen molar-refractivity contribution in [3.05, 3.63) is 215 Å². The zero-order valence-corrected chi connectivity index (χ0v) is 85.4. The highest BCUT2D eigenvalue weighted by Gasteiger charge is 2.40. The number of nitrogens with zero attached hydrogens (tertiary/aromatic N) is 19. The van der Waals surface area contributed by atoms with Crippen LogP contribution < -0.4 is 34.0 Å². The zero-order valence-electron chi connectivity index (χ0n) is 82.1. The van der Waals surface area contributed by atoms with Gasteiger partial charge in [0.15, 0.2) is 22.6 Å². The average Bonchev–Trinajstić information content (AvgIpc) is 1.53. The normalized spacial score (nSPS) is 17.7. The van der Waals surface area contributed by atoms with Crippen LogP contribution in [0.25, 0.3) is 22.6 Å². The fraction of sp³-hybridized carbons (Fsp3) is 0.459. The molecule has 0 unspecified atom stereocenters. The Balaban J connectivity index is 0.000000140. The van der Waals surface area contributed by atoms with Crippen LogP contribution in [0.15, 0.2) is 97.1 Å². The van der Waals surface area contributed by atoms with Crippen molar-refractivity contribution in [3.63, 3.8) is 0 Å². The summed E-state index contributed by atoms with van der Waals surface area (Å²) in [5, 5.41) is 32.7. The minimum atomic E-state index is -3.55. The van der Waals surface area contributed by atoms with Gasteiger partial charge in [0.05, 0.1) is 130 Å². The number of rotatable bonds is 20. The zero-order chi connectivity index (χ0) is 99.9. The molecule has 4 aromatic carbocycles. The van der Waals surface area contributed by atoms with E-state index in [2.05, 4.69) is 59.1 Å². The van der Waals surface area contributed by atoms with E-state index in [4.69, 9.17) is 35.0 Å². The van der Waals surface area contributed by atoms with Crippen LogP contribution in [0.3, 0.4) is 0 Å². The Kier molecular flexibility index (Phi) is 29.6. The lowest BCUT2D eigenvalue weighted by Gasteiger charge is -2.35. The fourth-order valence-electron chi connectivity index (χ4n) is 18.9. The summed E-state index contributed by atoms with van der Waals surface area (Å²) in [6, 6.07) is 30.1. The first-order chi connectivity index (χ1) is 65.8. The van der Waals surface area contributed by atoms with Crippen molar-refractivity contribution in [1.82, 2.24) is 78.0 Å². The van der Waals surface area contributed by atoms with Crippen molar-refractivity contribution in [2.75, 3.05) is 126 Å². The second kappa shape index (κ2) is 40.9. The van der Waals surface area contributed by atoms with Crippen LogP contribution in [-0.4, -0.2) is 233 Å². The van der Waals surface area contributed by atoms with Crippen molar-refractivity contribution < 1.29 is 57.6 Å². The number of amides is 4. The number of ether oxygens (including phenoxy) is 1. The highest BCUT2D eigenvalue weighted by molar-refractivity contribution is 7.92. The number of likely N-dealkylation sites (tertiary alicyclic amines) is 4. The van der Waals surface area contributed by atoms with Crippen molar-refractivity contribution in [3.8, 4) is 6.07 Å². The Morgan fingerprint density at radius 3 is 1.01 bits per heavy atom. The molecule has 1 saturated carbocycles. The van der Waals surface area contributed by atoms with Gasteiger partial charge in [0.25, 0.3) is 23.6 Å². The molecule has 139 heavy (non-hydrogen) atoms. The first kappa shape index (κ1) is 101. The van der Waals surface area contributed by atoms with Gasteiger partial charge in [-0.25, -0.2) is 58.1 Å². The van der Waals surface area contributed by atoms with Crippen molar-refractivity contribution in [2.45, 2.75) is 203 Å². The molecule has 5 aliphatic heterocycles. The number of anilines is 7. The number of morpholine rings is 1. The summed E-state index contributed by atoms with van der Waals surface area (Å²) >= 11 is 0. The minimum Gasteiger partial charge on any atom is -0.378 e. The highest BCUT2D eigenvalue weighted by atomic mass is 32.2. The molecule has 12 aromatic rings. The molecular formula is C98H124N24O13S4. The molecule has 4 amide bonds. The van der Waals surface area contributed by atoms with Crippen molar-refractivity contribution in [2.24, 2.45) is 0 Å². The molecule has 4 atom stereocenters. The molecule has 5 saturated heterocycles. The second-order valence-electron chi connectivity index (χ2n) is 37.7. The molecule has 6 aliphatic rings. The SMILES string of the molecule is Cc1ccc(NS(C)(=O)=O)c(C(=O)N2CCCC[C@H]2c2cc3nc(C)c(C)c(C#N)n3n2)c1.Cc1ccc(NS(C)(=O)=O)c(C(=O)N2CCCC[C@H]2c2cc3nc(C)c(C)c(N(C)C)n3n2)c1.Cc1ccc(NS(C)(=O)=O)c(C(=O)N2CCCC[C@H]2c2cc3nc(C)c(C)c(N4CCOCC4)n3n2)c1.Cc1ccc(NS(C)(=O)=O)c(C(=O)N2CCCC[C@H]2c2cc3nc(C)c(C)c(NC4CC4)n3n2)c1. The summed E-state index contributed by atoms with van der Waals surface area (Å²) in [6.07, 6.45) is 17.1. The van der Waals surface area contributed by atoms with Crippen LogP contribution in [0.5, 0.6) is 0 Å². The molecule has 0 radical (unpaired) electrons. The van der Waals surface area contributed by atoms with Gasteiger partial charge in [0.1, 0.15) is 29.2 Å². The molecule has 13 heterocycles. The van der Waals surface area contributed by atoms with Crippen molar-refractivity contribution in [1.29, 1.82) is 5.26 Å². The number of carbonyl (C=O) groups is 4. The van der Waals surface area contributed by atoms with E-state index in [1.54, 1.807) is 77.7 Å². The summed E-state index contributed by atoms with van der Waals surface area (Å²) in [5.41, 5.74) is 19.9. The molecule has 18 rings (SSSR count). The summed E-state index contributed by atoms with van der Waals surface area (Å²) in [4.78, 5) is 85.6. The number of fused-ring (bicyclic) bond motifs is 4. The van der Waals surface area contributed by atoms with Gasteiger partial charge in [-0.2, -0.15) is 39.2 Å². The number of hydrogen-bond donors (Lipinski definition) is 5. The lowest BCUT2D eigenvalue weighted by molar-refractivity contribution is 0.0599. The number of nitrogens with one attached hydrogen (secondary N) is 5. The van der Waals surface area contributed by atoms with Gasteiger partial charge in [-0.15, -0.1) is 0 Å². The molecule has 41 heteroatoms. The quantitative estimate of drug-likeness (QED) is 0.0473. The standard InChI is InChI=1S/C26H34N6O4S.C25H32N6O3S.C24H32N6O3S.C23H26N6O3S/c1-17-8-9-21(29-37(4,34)35)20(15-17)26(33)31-10-6-5-7-23(31)22-16-24-27-19(3)18(2)25(32(24)28-22)30-11-13-36-14-12-30;1-15-8-11-20(29-35(4,33)34)19(13-15)25(32)30-12-6-5-7-22(30)21-14-23-26-17(3)16(2)24(31(23)28-21)27-18-9-10-18;1-15-10-11-19(27-34(6,32)33)18(13-15)24(31)29-12-8-7-9-21(29)20-14-22-25-17(3)16(2)23(28(4)5)30(22)26-20;1-14-8-9-18(27-33(4,31)32)17(11-14)23(30)28-10-6-5-7-20(28)19-12-22-25-16(3)15(2)21(13-24)29(22)26-19/h8-9,15-16,23,29H,5-7,10-14H2,1-4H3;8,11,13-14,18,22,27,29H,5-7,9-10,12H2,1-4H3;10-11,13-14,21,27H,7-9,12H2,1-6H3;8-9,11-12,20,27H,5-7,10H2,1-4H3/t23-;22-;21-;20-/m0000/s1. The first-order valence-electron chi connectivity index (χ1n) is 47.0. The summed E-state index contributed by atoms with van der Waals surface area (Å²) < 4.78 is 118.